The second-order valence-electron chi connectivity index (χ2n) is 6.57. The molecular weight excluding hydrogens is 370 g/mol. The number of carbonyl (C=O) groups excluding carboxylic acids is 1. The molecule has 0 heterocycles. The number of benzene rings is 2. The molecule has 0 saturated heterocycles. The van der Waals surface area contributed by atoms with E-state index in [1.165, 1.54) is 18.2 Å². The van der Waals surface area contributed by atoms with Gasteiger partial charge in [-0.25, -0.2) is 4.79 Å². The minimum atomic E-state index is -0.440. The summed E-state index contributed by atoms with van der Waals surface area (Å²) in [7, 11) is 0. The van der Waals surface area contributed by atoms with Crippen LogP contribution in [0.15, 0.2) is 65.7 Å². The van der Waals surface area contributed by atoms with Gasteiger partial charge in [0.25, 0.3) is 5.69 Å². The summed E-state index contributed by atoms with van der Waals surface area (Å²) < 4.78 is 4.92. The van der Waals surface area contributed by atoms with Crippen molar-refractivity contribution in [3.05, 3.63) is 81.7 Å². The Labute approximate surface area is 170 Å². The Bertz CT molecular complexity index is 889. The molecule has 0 unspecified atom stereocenters. The van der Waals surface area contributed by atoms with E-state index in [1.807, 2.05) is 38.1 Å². The Hall–Kier alpha value is -3.48. The summed E-state index contributed by atoms with van der Waals surface area (Å²) in [4.78, 5) is 26.4. The molecule has 0 spiro atoms. The molecule has 0 bridgehead atoms. The molecule has 0 amide bonds. The highest BCUT2D eigenvalue weighted by atomic mass is 16.6. The van der Waals surface area contributed by atoms with Crippen LogP contribution in [-0.2, 0) is 9.53 Å². The fraction of sp³-hybridized carbons (Fsp3) is 0.273. The van der Waals surface area contributed by atoms with E-state index in [4.69, 9.17) is 10.1 Å². The molecule has 29 heavy (non-hydrogen) atoms. The number of non-ortho nitro benzene ring substituents is 1. The van der Waals surface area contributed by atoms with Crippen molar-refractivity contribution >= 4 is 29.2 Å². The fourth-order valence-corrected chi connectivity index (χ4v) is 2.45. The summed E-state index contributed by atoms with van der Waals surface area (Å²) in [5.74, 6) is -0.217. The number of rotatable bonds is 9. The molecule has 0 fully saturated rings. The summed E-state index contributed by atoms with van der Waals surface area (Å²) in [6.07, 6.45) is 4.77. The number of nitro benzene ring substituents is 1. The minimum absolute atomic E-state index is 0.0331. The first-order valence-electron chi connectivity index (χ1n) is 9.34. The van der Waals surface area contributed by atoms with Crippen molar-refractivity contribution < 1.29 is 14.5 Å². The van der Waals surface area contributed by atoms with Crippen LogP contribution in [0.25, 0.3) is 5.32 Å². The van der Waals surface area contributed by atoms with Gasteiger partial charge in [-0.05, 0) is 30.7 Å². The number of nitro groups is 1. The predicted molar refractivity (Wildman–Crippen MR) is 114 cm³/mol. The number of nitrogens with zero attached hydrogens (tertiary/aromatic N) is 3. The lowest BCUT2D eigenvalue weighted by molar-refractivity contribution is -0.384. The molecule has 0 radical (unpaired) electrons. The minimum Gasteiger partial charge on any atom is -0.677 e. The van der Waals surface area contributed by atoms with Gasteiger partial charge in [0.1, 0.15) is 0 Å². The van der Waals surface area contributed by atoms with E-state index in [9.17, 15) is 14.9 Å². The van der Waals surface area contributed by atoms with Crippen LogP contribution in [0.1, 0.15) is 26.3 Å². The highest BCUT2D eigenvalue weighted by molar-refractivity contribution is 5.85. The quantitative estimate of drug-likeness (QED) is 0.185. The first-order chi connectivity index (χ1) is 13.9. The third kappa shape index (κ3) is 6.88. The first-order valence-corrected chi connectivity index (χ1v) is 9.34. The predicted octanol–water partition coefficient (Wildman–Crippen LogP) is 5.49. The Morgan fingerprint density at radius 3 is 2.52 bits per heavy atom. The van der Waals surface area contributed by atoms with Crippen molar-refractivity contribution in [2.24, 2.45) is 10.9 Å². The lowest BCUT2D eigenvalue weighted by Gasteiger charge is -2.35. The lowest BCUT2D eigenvalue weighted by atomic mass is 10.0. The number of ether oxygens (including phenoxy) is 1. The average Bonchev–Trinajstić information content (AvgIpc) is 2.70. The molecule has 7 nitrogen and oxygen atoms in total. The Balaban J connectivity index is 2.18. The Kier molecular flexibility index (Phi) is 8.09. The van der Waals surface area contributed by atoms with E-state index in [0.717, 1.165) is 5.56 Å². The van der Waals surface area contributed by atoms with Crippen LogP contribution >= 0.6 is 0 Å². The van der Waals surface area contributed by atoms with Crippen molar-refractivity contribution in [2.75, 3.05) is 6.61 Å². The number of hydrogen-bond acceptors (Lipinski definition) is 5. The largest absolute Gasteiger partial charge is 0.677 e. The van der Waals surface area contributed by atoms with E-state index in [2.05, 4.69) is 4.99 Å². The maximum atomic E-state index is 11.6. The zero-order chi connectivity index (χ0) is 21.2. The van der Waals surface area contributed by atoms with E-state index in [0.29, 0.717) is 18.0 Å². The highest BCUT2D eigenvalue weighted by Gasteiger charge is 2.05. The normalized spacial score (nSPS) is 12.4. The number of esters is 1. The van der Waals surface area contributed by atoms with Gasteiger partial charge in [-0.1, -0.05) is 50.1 Å². The van der Waals surface area contributed by atoms with E-state index in [1.54, 1.807) is 31.3 Å². The SMILES string of the molecule is CCOC(=O)/C=C/[C@H]([N-]c1ccccc1N=Cc1ccc([N+](=O)[O-])cc1)C(C)C. The summed E-state index contributed by atoms with van der Waals surface area (Å²) in [6, 6.07) is 13.4. The summed E-state index contributed by atoms with van der Waals surface area (Å²) in [6.45, 7) is 6.13. The molecule has 2 aromatic rings. The van der Waals surface area contributed by atoms with Crippen LogP contribution in [0.5, 0.6) is 0 Å². The molecule has 152 valence electrons. The molecule has 0 N–H and O–H groups in total. The molecule has 2 aromatic carbocycles. The van der Waals surface area contributed by atoms with Crippen molar-refractivity contribution in [2.45, 2.75) is 26.8 Å². The van der Waals surface area contributed by atoms with Crippen LogP contribution < -0.4 is 0 Å². The average molecular weight is 394 g/mol. The van der Waals surface area contributed by atoms with E-state index in [-0.39, 0.29) is 17.6 Å². The molecule has 0 aliphatic carbocycles. The number of para-hydroxylation sites is 2. The molecule has 7 heteroatoms. The maximum Gasteiger partial charge on any atom is 0.330 e. The van der Waals surface area contributed by atoms with Gasteiger partial charge >= 0.3 is 5.97 Å². The van der Waals surface area contributed by atoms with Crippen LogP contribution in [0, 0.1) is 16.0 Å². The van der Waals surface area contributed by atoms with Gasteiger partial charge in [0, 0.05) is 30.1 Å². The summed E-state index contributed by atoms with van der Waals surface area (Å²) in [5, 5.41) is 15.5. The van der Waals surface area contributed by atoms with Crippen molar-refractivity contribution in [3.63, 3.8) is 0 Å². The van der Waals surface area contributed by atoms with E-state index < -0.39 is 10.9 Å². The summed E-state index contributed by atoms with van der Waals surface area (Å²) >= 11 is 0. The van der Waals surface area contributed by atoms with Crippen molar-refractivity contribution in [3.8, 4) is 0 Å². The van der Waals surface area contributed by atoms with Crippen LogP contribution in [0.4, 0.5) is 17.1 Å². The van der Waals surface area contributed by atoms with Crippen LogP contribution in [0.3, 0.4) is 0 Å². The third-order valence-electron chi connectivity index (χ3n) is 4.03. The van der Waals surface area contributed by atoms with Crippen molar-refractivity contribution in [1.82, 2.24) is 0 Å². The van der Waals surface area contributed by atoms with Gasteiger partial charge in [-0.3, -0.25) is 15.1 Å². The zero-order valence-corrected chi connectivity index (χ0v) is 16.7. The van der Waals surface area contributed by atoms with Crippen LogP contribution in [0.2, 0.25) is 0 Å². The fourth-order valence-electron chi connectivity index (χ4n) is 2.45. The topological polar surface area (TPSA) is 95.9 Å². The molecule has 0 aliphatic heterocycles. The number of hydrogen-bond donors (Lipinski definition) is 0. The lowest BCUT2D eigenvalue weighted by Crippen LogP contribution is -2.11. The van der Waals surface area contributed by atoms with Crippen LogP contribution in [-0.4, -0.2) is 29.8 Å². The standard InChI is InChI=1S/C22H24N3O4/c1-4-29-22(26)14-13-19(16(2)3)24-21-8-6-5-7-20(21)23-15-17-9-11-18(12-10-17)25(27)28/h5-16,19H,4H2,1-3H3/q-1/b14-13+,23-15?/t19-/m0/s1. The van der Waals surface area contributed by atoms with Gasteiger partial charge in [-0.15, -0.1) is 5.69 Å². The summed E-state index contributed by atoms with van der Waals surface area (Å²) in [5.41, 5.74) is 2.14. The number of carbonyl (C=O) groups is 1. The van der Waals surface area contributed by atoms with Gasteiger partial charge in [0.15, 0.2) is 0 Å². The van der Waals surface area contributed by atoms with Crippen molar-refractivity contribution in [1.29, 1.82) is 0 Å². The molecule has 2 rings (SSSR count). The molecule has 0 aromatic heterocycles. The van der Waals surface area contributed by atoms with Gasteiger partial charge in [0.2, 0.25) is 0 Å². The van der Waals surface area contributed by atoms with Gasteiger partial charge in [0.05, 0.1) is 11.5 Å². The number of aliphatic imine (C=N–C) groups is 1. The molecule has 1 atom stereocenters. The Morgan fingerprint density at radius 2 is 1.90 bits per heavy atom. The molecule has 0 aliphatic rings. The monoisotopic (exact) mass is 394 g/mol. The zero-order valence-electron chi connectivity index (χ0n) is 16.7. The smallest absolute Gasteiger partial charge is 0.330 e. The van der Waals surface area contributed by atoms with E-state index >= 15 is 0 Å². The molecular formula is C22H24N3O4-. The maximum absolute atomic E-state index is 11.6. The second-order valence-corrected chi connectivity index (χ2v) is 6.57. The van der Waals surface area contributed by atoms with Gasteiger partial charge < -0.3 is 10.1 Å². The third-order valence-corrected chi connectivity index (χ3v) is 4.03. The van der Waals surface area contributed by atoms with Gasteiger partial charge in [-0.2, -0.15) is 0 Å². The first kappa shape index (κ1) is 21.8. The Morgan fingerprint density at radius 1 is 1.21 bits per heavy atom. The highest BCUT2D eigenvalue weighted by Crippen LogP contribution is 2.35. The molecule has 0 saturated carbocycles. The second kappa shape index (κ2) is 10.8.